The van der Waals surface area contributed by atoms with E-state index in [-0.39, 0.29) is 60.6 Å². The van der Waals surface area contributed by atoms with Gasteiger partial charge in [-0.2, -0.15) is 9.37 Å². The Morgan fingerprint density at radius 2 is 1.23 bits per heavy atom. The Bertz CT molecular complexity index is 2050. The summed E-state index contributed by atoms with van der Waals surface area (Å²) in [7, 11) is 6.13. The van der Waals surface area contributed by atoms with E-state index in [2.05, 4.69) is 47.0 Å². The zero-order valence-corrected chi connectivity index (χ0v) is 39.1. The SMILES string of the molecule is CCc1nc(NNC(=O)[C@H](CC2CCCC2)CN(O)C=O)c(F)c([C@@](C)(C(N)=O)N(C)C)n1.CCc1nc(NNC(=O)[C@H](CC2CCCC2)CN(O)C=O)c(F)c([N+](C)=C(C)C(=O)NC)n1. The third-order valence-corrected chi connectivity index (χ3v) is 12.2. The molecule has 0 unspecified atom stereocenters. The van der Waals surface area contributed by atoms with Crippen LogP contribution in [0.1, 0.15) is 109 Å². The first-order valence-corrected chi connectivity index (χ1v) is 22.1. The lowest BCUT2D eigenvalue weighted by molar-refractivity contribution is -0.411. The Morgan fingerprint density at radius 1 is 0.803 bits per heavy atom. The number of hydroxylamine groups is 4. The first-order chi connectivity index (χ1) is 31.2. The third kappa shape index (κ3) is 14.5. The van der Waals surface area contributed by atoms with Gasteiger partial charge >= 0.3 is 5.82 Å². The molecule has 6 amide bonds. The molecular weight excluding hydrogens is 867 g/mol. The Kier molecular flexibility index (Phi) is 21.1. The standard InChI is InChI=1S/C21H34FN7O4.C21H32FN7O4/c1-5-15-24-17(21(2,20(23)32)28(3)4)16(22)18(25-15)26-27-19(31)14(11-29(33)12-30)10-13-8-6-7-9-13;1-5-16-24-18(17(22)19(25-16)28(4)13(2)20(31)23-3)26-27-21(32)15(11-29(33)12-30)10-14-8-6-7-9-14/h12-14,33H,5-11H2,1-4H3,(H2,23,32)(H,27,31)(H,24,25,26);12,14-15,23,31,33H,5-11H2,1-4H3/p+1/t14-,21+;15-/m11/s1. The number of hydrogen-bond acceptors (Lipinski definition) is 15. The number of amides is 6. The van der Waals surface area contributed by atoms with Gasteiger partial charge in [0.2, 0.25) is 36.4 Å². The van der Waals surface area contributed by atoms with Crippen LogP contribution in [0.3, 0.4) is 0 Å². The highest BCUT2D eigenvalue weighted by Crippen LogP contribution is 2.33. The highest BCUT2D eigenvalue weighted by atomic mass is 19.1. The minimum atomic E-state index is -1.55. The molecule has 24 heteroatoms. The summed E-state index contributed by atoms with van der Waals surface area (Å²) in [6.45, 7) is 6.18. The van der Waals surface area contributed by atoms with E-state index in [1.165, 1.54) is 37.4 Å². The van der Waals surface area contributed by atoms with Gasteiger partial charge in [-0.3, -0.25) is 65.8 Å². The highest BCUT2D eigenvalue weighted by molar-refractivity contribution is 6.35. The Balaban J connectivity index is 0.000000350. The molecule has 0 aliphatic heterocycles. The van der Waals surface area contributed by atoms with Crippen LogP contribution in [0.2, 0.25) is 0 Å². The molecular formula is C42H67F2N14O8+. The van der Waals surface area contributed by atoms with E-state index in [0.29, 0.717) is 53.5 Å². The molecule has 3 atom stereocenters. The van der Waals surface area contributed by atoms with E-state index in [1.807, 2.05) is 0 Å². The molecule has 2 aromatic rings. The number of halogens is 2. The largest absolute Gasteiger partial charge is 0.368 e. The number of nitrogens with two attached hydrogens (primary N) is 1. The van der Waals surface area contributed by atoms with E-state index < -0.39 is 52.6 Å². The lowest BCUT2D eigenvalue weighted by Crippen LogP contribution is -2.51. The number of carbonyl (C=O) groups is 6. The summed E-state index contributed by atoms with van der Waals surface area (Å²) in [4.78, 5) is 89.5. The van der Waals surface area contributed by atoms with Crippen LogP contribution >= 0.6 is 0 Å². The van der Waals surface area contributed by atoms with Gasteiger partial charge in [-0.25, -0.2) is 29.1 Å². The van der Waals surface area contributed by atoms with Crippen molar-refractivity contribution in [3.63, 3.8) is 0 Å². The third-order valence-electron chi connectivity index (χ3n) is 12.2. The zero-order valence-electron chi connectivity index (χ0n) is 39.1. The maximum absolute atomic E-state index is 15.4. The lowest BCUT2D eigenvalue weighted by Gasteiger charge is -2.33. The van der Waals surface area contributed by atoms with Gasteiger partial charge in [0.05, 0.1) is 32.0 Å². The van der Waals surface area contributed by atoms with E-state index in [1.54, 1.807) is 27.9 Å². The van der Waals surface area contributed by atoms with Crippen molar-refractivity contribution in [2.45, 2.75) is 110 Å². The van der Waals surface area contributed by atoms with Gasteiger partial charge in [-0.1, -0.05) is 65.2 Å². The van der Waals surface area contributed by atoms with Gasteiger partial charge in [0.25, 0.3) is 11.7 Å². The summed E-state index contributed by atoms with van der Waals surface area (Å²) >= 11 is 0. The maximum atomic E-state index is 15.4. The number of carbonyl (C=O) groups excluding carboxylic acids is 6. The molecule has 2 heterocycles. The minimum Gasteiger partial charge on any atom is -0.368 e. The van der Waals surface area contributed by atoms with Crippen molar-refractivity contribution in [3.05, 3.63) is 29.0 Å². The van der Waals surface area contributed by atoms with E-state index in [4.69, 9.17) is 5.73 Å². The molecule has 66 heavy (non-hydrogen) atoms. The summed E-state index contributed by atoms with van der Waals surface area (Å²) in [5, 5.41) is 22.6. The highest BCUT2D eigenvalue weighted by Gasteiger charge is 2.41. The van der Waals surface area contributed by atoms with Crippen molar-refractivity contribution in [1.82, 2.24) is 51.1 Å². The summed E-state index contributed by atoms with van der Waals surface area (Å²) in [6, 6.07) is 0. The van der Waals surface area contributed by atoms with Gasteiger partial charge in [0.1, 0.15) is 17.1 Å². The topological polar surface area (TPSA) is 293 Å². The number of hydrazine groups is 2. The number of hydrogen-bond donors (Lipinski definition) is 8. The molecule has 2 aromatic heterocycles. The van der Waals surface area contributed by atoms with Crippen LogP contribution in [-0.2, 0) is 47.1 Å². The van der Waals surface area contributed by atoms with Gasteiger partial charge in [-0.15, -0.1) is 0 Å². The first kappa shape index (κ1) is 54.3. The first-order valence-electron chi connectivity index (χ1n) is 22.1. The molecule has 0 saturated heterocycles. The number of aromatic nitrogens is 4. The molecule has 2 saturated carbocycles. The van der Waals surface area contributed by atoms with Gasteiger partial charge in [-0.05, 0) is 50.7 Å². The Labute approximate surface area is 383 Å². The fourth-order valence-corrected chi connectivity index (χ4v) is 7.85. The van der Waals surface area contributed by atoms with E-state index >= 15 is 8.78 Å². The average Bonchev–Trinajstić information content (AvgIpc) is 4.04. The molecule has 2 aliphatic carbocycles. The second-order valence-corrected chi connectivity index (χ2v) is 16.9. The van der Waals surface area contributed by atoms with Crippen molar-refractivity contribution in [3.8, 4) is 0 Å². The number of rotatable bonds is 23. The summed E-state index contributed by atoms with van der Waals surface area (Å²) < 4.78 is 31.9. The smallest absolute Gasteiger partial charge is 0.365 e. The van der Waals surface area contributed by atoms with Crippen molar-refractivity contribution >= 4 is 59.6 Å². The van der Waals surface area contributed by atoms with Gasteiger partial charge < -0.3 is 11.1 Å². The molecule has 0 spiro atoms. The number of aryl methyl sites for hydroxylation is 2. The van der Waals surface area contributed by atoms with Gasteiger partial charge in [0, 0.05) is 26.8 Å². The van der Waals surface area contributed by atoms with E-state index in [0.717, 1.165) is 51.4 Å². The van der Waals surface area contributed by atoms with Crippen molar-refractivity contribution < 1.29 is 52.5 Å². The number of anilines is 2. The minimum absolute atomic E-state index is 0.121. The number of likely N-dealkylation sites (N-methyl/N-ethyl adjacent to an activating group) is 1. The second kappa shape index (κ2) is 25.6. The van der Waals surface area contributed by atoms with Crippen molar-refractivity contribution in [2.75, 3.05) is 52.1 Å². The molecule has 2 fully saturated rings. The molecule has 9 N–H and O–H groups in total. The molecule has 366 valence electrons. The molecule has 4 rings (SSSR count). The fourth-order valence-electron chi connectivity index (χ4n) is 7.85. The van der Waals surface area contributed by atoms with Crippen LogP contribution in [0.5, 0.6) is 0 Å². The van der Waals surface area contributed by atoms with Crippen LogP contribution < -0.4 is 32.8 Å². The number of nitrogens with one attached hydrogen (secondary N) is 5. The monoisotopic (exact) mass is 934 g/mol. The van der Waals surface area contributed by atoms with Crippen LogP contribution in [-0.4, -0.2) is 133 Å². The molecule has 0 aromatic carbocycles. The predicted octanol–water partition coefficient (Wildman–Crippen LogP) is 2.07. The predicted molar refractivity (Wildman–Crippen MR) is 236 cm³/mol. The average molecular weight is 934 g/mol. The van der Waals surface area contributed by atoms with Crippen LogP contribution in [0.15, 0.2) is 0 Å². The molecule has 0 bridgehead atoms. The summed E-state index contributed by atoms with van der Waals surface area (Å²) in [5.74, 6) is -4.85. The van der Waals surface area contributed by atoms with E-state index in [9.17, 15) is 39.2 Å². The van der Waals surface area contributed by atoms with Crippen LogP contribution in [0, 0.1) is 35.3 Å². The molecule has 2 aliphatic rings. The Hall–Kier alpha value is -6.01. The van der Waals surface area contributed by atoms with Crippen molar-refractivity contribution in [1.29, 1.82) is 0 Å². The number of nitrogens with zero attached hydrogens (tertiary/aromatic N) is 8. The normalized spacial score (nSPS) is 16.1. The maximum Gasteiger partial charge on any atom is 0.365 e. The summed E-state index contributed by atoms with van der Waals surface area (Å²) in [6.07, 6.45) is 10.5. The molecule has 0 radical (unpaired) electrons. The van der Waals surface area contributed by atoms with Gasteiger partial charge in [0.15, 0.2) is 23.2 Å². The van der Waals surface area contributed by atoms with Crippen LogP contribution in [0.25, 0.3) is 0 Å². The number of primary amides is 1. The fraction of sp³-hybridized carbons (Fsp3) is 0.643. The second-order valence-electron chi connectivity index (χ2n) is 16.9. The zero-order chi connectivity index (χ0) is 49.3. The summed E-state index contributed by atoms with van der Waals surface area (Å²) in [5.41, 5.74) is 13.9. The Morgan fingerprint density at radius 3 is 1.61 bits per heavy atom. The quantitative estimate of drug-likeness (QED) is 0.0260. The van der Waals surface area contributed by atoms with Crippen LogP contribution in [0.4, 0.5) is 26.2 Å². The van der Waals surface area contributed by atoms with Crippen molar-refractivity contribution in [2.24, 2.45) is 29.4 Å². The lowest BCUT2D eigenvalue weighted by atomic mass is 9.92. The molecule has 22 nitrogen and oxygen atoms in total.